The highest BCUT2D eigenvalue weighted by molar-refractivity contribution is 6.36. The van der Waals surface area contributed by atoms with Crippen LogP contribution in [0.1, 0.15) is 50.8 Å². The summed E-state index contributed by atoms with van der Waals surface area (Å²) < 4.78 is 0. The molecule has 0 aromatic heterocycles. The molecule has 5 rings (SSSR count). The molecule has 1 aliphatic heterocycles. The van der Waals surface area contributed by atoms with Crippen LogP contribution in [0.15, 0.2) is 83.9 Å². The number of nitrogens with one attached hydrogen (secondary N) is 2. The average Bonchev–Trinajstić information content (AvgIpc) is 2.99. The molecule has 9 nitrogen and oxygen atoms in total. The van der Waals surface area contributed by atoms with Crippen molar-refractivity contribution in [2.75, 3.05) is 23.3 Å². The molecule has 0 saturated heterocycles. The number of anilines is 2. The molecule has 6 N–H and O–H groups in total. The Morgan fingerprint density at radius 2 is 1.60 bits per heavy atom. The van der Waals surface area contributed by atoms with Crippen LogP contribution in [0.25, 0.3) is 10.8 Å². The summed E-state index contributed by atoms with van der Waals surface area (Å²) in [5, 5.41) is 7.70. The van der Waals surface area contributed by atoms with Crippen molar-refractivity contribution in [3.63, 3.8) is 0 Å². The summed E-state index contributed by atoms with van der Waals surface area (Å²) in [7, 11) is 0. The van der Waals surface area contributed by atoms with Crippen LogP contribution >= 0.6 is 0 Å². The van der Waals surface area contributed by atoms with Gasteiger partial charge in [0.05, 0.1) is 11.7 Å². The first-order valence-electron chi connectivity index (χ1n) is 14.4. The largest absolute Gasteiger partial charge is 0.382 e. The number of imide groups is 1. The first-order chi connectivity index (χ1) is 20.7. The molecule has 0 bridgehead atoms. The van der Waals surface area contributed by atoms with Crippen molar-refractivity contribution in [1.82, 2.24) is 5.32 Å². The normalized spacial score (nSPS) is 13.1. The summed E-state index contributed by atoms with van der Waals surface area (Å²) in [4.78, 5) is 45.3. The summed E-state index contributed by atoms with van der Waals surface area (Å²) in [5.41, 5.74) is 16.4. The maximum absolute atomic E-state index is 13.7. The van der Waals surface area contributed by atoms with Crippen LogP contribution in [0.4, 0.5) is 11.4 Å². The van der Waals surface area contributed by atoms with E-state index >= 15 is 0 Å². The van der Waals surface area contributed by atoms with Gasteiger partial charge in [-0.25, -0.2) is 9.89 Å². The van der Waals surface area contributed by atoms with Crippen LogP contribution in [0, 0.1) is 6.92 Å². The number of nitrogens with zero attached hydrogens (tertiary/aromatic N) is 2. The molecule has 9 heteroatoms. The van der Waals surface area contributed by atoms with Crippen LogP contribution in [0.2, 0.25) is 0 Å². The molecule has 0 spiro atoms. The second-order valence-corrected chi connectivity index (χ2v) is 10.9. The minimum atomic E-state index is -0.389. The Morgan fingerprint density at radius 1 is 0.884 bits per heavy atom. The third kappa shape index (κ3) is 6.67. The summed E-state index contributed by atoms with van der Waals surface area (Å²) in [6, 6.07) is 24.4. The fourth-order valence-electron chi connectivity index (χ4n) is 5.34. The van der Waals surface area contributed by atoms with Crippen molar-refractivity contribution in [2.24, 2.45) is 16.5 Å². The molecule has 43 heavy (non-hydrogen) atoms. The van der Waals surface area contributed by atoms with Gasteiger partial charge < -0.3 is 22.1 Å². The van der Waals surface area contributed by atoms with Gasteiger partial charge in [-0.3, -0.25) is 14.4 Å². The van der Waals surface area contributed by atoms with Crippen molar-refractivity contribution in [1.29, 1.82) is 0 Å². The number of guanidine groups is 1. The standard InChI is InChI=1S/C34H36N6O3/c1-21-9-11-23(12-10-21)17-18-37-30(41)16-13-24-5-3-6-25(19-24)40-32(42)27-8-4-7-26-29(38-20-22(2)39-34(35)36)15-14-28(31(26)27)33(40)43/h3-12,14-15,19,22,38H,13,16-18,20H2,1-2H3,(H,37,41)(H4,35,36,39). The molecule has 4 aromatic carbocycles. The third-order valence-corrected chi connectivity index (χ3v) is 7.53. The number of aliphatic imine (C=N–C) groups is 1. The van der Waals surface area contributed by atoms with E-state index in [1.165, 1.54) is 16.0 Å². The number of rotatable bonds is 11. The fraction of sp³-hybridized carbons (Fsp3) is 0.235. The van der Waals surface area contributed by atoms with Gasteiger partial charge in [-0.2, -0.15) is 0 Å². The van der Waals surface area contributed by atoms with Crippen LogP contribution in [0.5, 0.6) is 0 Å². The van der Waals surface area contributed by atoms with Crippen LogP contribution in [-0.2, 0) is 17.6 Å². The van der Waals surface area contributed by atoms with E-state index in [1.54, 1.807) is 24.3 Å². The predicted octanol–water partition coefficient (Wildman–Crippen LogP) is 4.31. The molecule has 0 fully saturated rings. The molecule has 1 heterocycles. The number of carbonyl (C=O) groups excluding carboxylic acids is 3. The second kappa shape index (κ2) is 12.8. The highest BCUT2D eigenvalue weighted by Crippen LogP contribution is 2.36. The van der Waals surface area contributed by atoms with E-state index in [1.807, 2.05) is 44.2 Å². The van der Waals surface area contributed by atoms with E-state index in [4.69, 9.17) is 11.5 Å². The Kier molecular flexibility index (Phi) is 8.71. The van der Waals surface area contributed by atoms with E-state index in [9.17, 15) is 14.4 Å². The van der Waals surface area contributed by atoms with E-state index < -0.39 is 0 Å². The quantitative estimate of drug-likeness (QED) is 0.119. The zero-order valence-electron chi connectivity index (χ0n) is 24.4. The zero-order chi connectivity index (χ0) is 30.5. The number of amides is 3. The lowest BCUT2D eigenvalue weighted by Gasteiger charge is -2.28. The Morgan fingerprint density at radius 3 is 2.35 bits per heavy atom. The van der Waals surface area contributed by atoms with Crippen LogP contribution in [-0.4, -0.2) is 42.8 Å². The van der Waals surface area contributed by atoms with Gasteiger partial charge >= 0.3 is 0 Å². The van der Waals surface area contributed by atoms with E-state index in [2.05, 4.69) is 39.9 Å². The Labute approximate surface area is 251 Å². The lowest BCUT2D eigenvalue weighted by atomic mass is 9.92. The van der Waals surface area contributed by atoms with Crippen molar-refractivity contribution in [3.05, 3.63) is 107 Å². The molecule has 0 radical (unpaired) electrons. The zero-order valence-corrected chi connectivity index (χ0v) is 24.4. The summed E-state index contributed by atoms with van der Waals surface area (Å²) >= 11 is 0. The number of aryl methyl sites for hydroxylation is 2. The summed E-state index contributed by atoms with van der Waals surface area (Å²) in [5.74, 6) is -0.802. The van der Waals surface area contributed by atoms with E-state index in [-0.39, 0.29) is 29.7 Å². The van der Waals surface area contributed by atoms with Gasteiger partial charge in [0.1, 0.15) is 0 Å². The maximum atomic E-state index is 13.7. The maximum Gasteiger partial charge on any atom is 0.265 e. The minimum absolute atomic E-state index is 0.0173. The molecule has 1 unspecified atom stereocenters. The SMILES string of the molecule is Cc1ccc(CCNC(=O)CCc2cccc(N3C(=O)c4cccc5c(NCC(C)N=C(N)N)ccc(c45)C3=O)c2)cc1. The number of carbonyl (C=O) groups is 3. The van der Waals surface area contributed by atoms with Gasteiger partial charge in [-0.05, 0) is 68.1 Å². The topological polar surface area (TPSA) is 143 Å². The molecular formula is C34H36N6O3. The highest BCUT2D eigenvalue weighted by atomic mass is 16.2. The lowest BCUT2D eigenvalue weighted by Crippen LogP contribution is -2.40. The molecule has 1 aliphatic rings. The van der Waals surface area contributed by atoms with Crippen molar-refractivity contribution >= 4 is 45.8 Å². The van der Waals surface area contributed by atoms with E-state index in [0.29, 0.717) is 48.1 Å². The van der Waals surface area contributed by atoms with Gasteiger partial charge in [0.15, 0.2) is 5.96 Å². The molecule has 220 valence electrons. The second-order valence-electron chi connectivity index (χ2n) is 10.9. The Hall–Kier alpha value is -5.18. The molecule has 4 aromatic rings. The monoisotopic (exact) mass is 576 g/mol. The number of hydrogen-bond acceptors (Lipinski definition) is 5. The number of nitrogens with two attached hydrogens (primary N) is 2. The Bertz CT molecular complexity index is 1690. The average molecular weight is 577 g/mol. The molecule has 3 amide bonds. The van der Waals surface area contributed by atoms with Gasteiger partial charge in [-0.15, -0.1) is 0 Å². The van der Waals surface area contributed by atoms with Gasteiger partial charge in [0.2, 0.25) is 5.91 Å². The molecular weight excluding hydrogens is 540 g/mol. The molecule has 0 saturated carbocycles. The first-order valence-corrected chi connectivity index (χ1v) is 14.4. The number of benzene rings is 4. The minimum Gasteiger partial charge on any atom is -0.382 e. The fourth-order valence-corrected chi connectivity index (χ4v) is 5.34. The molecule has 1 atom stereocenters. The first kappa shape index (κ1) is 29.3. The Balaban J connectivity index is 1.28. The van der Waals surface area contributed by atoms with E-state index in [0.717, 1.165) is 23.1 Å². The van der Waals surface area contributed by atoms with Gasteiger partial charge in [0, 0.05) is 47.1 Å². The highest BCUT2D eigenvalue weighted by Gasteiger charge is 2.34. The van der Waals surface area contributed by atoms with Gasteiger partial charge in [-0.1, -0.05) is 54.1 Å². The predicted molar refractivity (Wildman–Crippen MR) is 172 cm³/mol. The summed E-state index contributed by atoms with van der Waals surface area (Å²) in [6.07, 6.45) is 1.56. The van der Waals surface area contributed by atoms with Crippen molar-refractivity contribution < 1.29 is 14.4 Å². The van der Waals surface area contributed by atoms with Crippen molar-refractivity contribution in [2.45, 2.75) is 39.2 Å². The lowest BCUT2D eigenvalue weighted by molar-refractivity contribution is -0.121. The van der Waals surface area contributed by atoms with Gasteiger partial charge in [0.25, 0.3) is 11.8 Å². The summed E-state index contributed by atoms with van der Waals surface area (Å²) in [6.45, 7) is 4.97. The number of hydrogen-bond donors (Lipinski definition) is 4. The molecule has 0 aliphatic carbocycles. The van der Waals surface area contributed by atoms with Crippen LogP contribution in [0.3, 0.4) is 0 Å². The van der Waals surface area contributed by atoms with Crippen molar-refractivity contribution in [3.8, 4) is 0 Å². The third-order valence-electron chi connectivity index (χ3n) is 7.53. The smallest absolute Gasteiger partial charge is 0.265 e. The van der Waals surface area contributed by atoms with Crippen LogP contribution < -0.4 is 27.0 Å².